The van der Waals surface area contributed by atoms with Crippen LogP contribution in [0.2, 0.25) is 0 Å². The molecule has 0 spiro atoms. The molecule has 0 saturated carbocycles. The molecular formula is C17H11BrO2. The van der Waals surface area contributed by atoms with Gasteiger partial charge in [0.2, 0.25) is 0 Å². The monoisotopic (exact) mass is 326 g/mol. The Morgan fingerprint density at radius 1 is 0.900 bits per heavy atom. The summed E-state index contributed by atoms with van der Waals surface area (Å²) in [5.41, 5.74) is 0.572. The molecule has 3 rings (SSSR count). The van der Waals surface area contributed by atoms with Gasteiger partial charge in [0.25, 0.3) is 0 Å². The lowest BCUT2D eigenvalue weighted by Gasteiger charge is -2.07. The summed E-state index contributed by atoms with van der Waals surface area (Å²) in [6.45, 7) is 0. The van der Waals surface area contributed by atoms with Crippen molar-refractivity contribution in [2.45, 2.75) is 0 Å². The zero-order valence-corrected chi connectivity index (χ0v) is 12.1. The van der Waals surface area contributed by atoms with Gasteiger partial charge in [-0.1, -0.05) is 58.4 Å². The highest BCUT2D eigenvalue weighted by molar-refractivity contribution is 9.10. The van der Waals surface area contributed by atoms with Gasteiger partial charge in [0.1, 0.15) is 5.75 Å². The van der Waals surface area contributed by atoms with Gasteiger partial charge in [0.15, 0.2) is 0 Å². The van der Waals surface area contributed by atoms with Gasteiger partial charge in [-0.15, -0.1) is 0 Å². The lowest BCUT2D eigenvalue weighted by molar-refractivity contribution is 0.0737. The number of hydrogen-bond acceptors (Lipinski definition) is 2. The molecule has 0 unspecified atom stereocenters. The maximum absolute atomic E-state index is 12.3. The molecule has 0 N–H and O–H groups in total. The number of ether oxygens (including phenoxy) is 1. The molecule has 0 saturated heterocycles. The number of rotatable bonds is 2. The summed E-state index contributed by atoms with van der Waals surface area (Å²) in [7, 11) is 0. The third-order valence-corrected chi connectivity index (χ3v) is 3.51. The van der Waals surface area contributed by atoms with Gasteiger partial charge in [0.05, 0.1) is 5.56 Å². The van der Waals surface area contributed by atoms with E-state index in [1.807, 2.05) is 48.5 Å². The fourth-order valence-electron chi connectivity index (χ4n) is 2.10. The molecule has 0 aliphatic heterocycles. The summed E-state index contributed by atoms with van der Waals surface area (Å²) < 4.78 is 6.30. The number of esters is 1. The van der Waals surface area contributed by atoms with E-state index in [-0.39, 0.29) is 5.97 Å². The Bertz CT molecular complexity index is 775. The Morgan fingerprint density at radius 3 is 2.50 bits per heavy atom. The standard InChI is InChI=1S/C17H11BrO2/c18-13-7-4-8-14(11-13)20-17(19)16-10-3-6-12-5-1-2-9-15(12)16/h1-11H. The van der Waals surface area contributed by atoms with Gasteiger partial charge >= 0.3 is 5.97 Å². The van der Waals surface area contributed by atoms with E-state index in [1.54, 1.807) is 18.2 Å². The maximum atomic E-state index is 12.3. The lowest BCUT2D eigenvalue weighted by Crippen LogP contribution is -2.08. The first-order valence-corrected chi connectivity index (χ1v) is 6.99. The van der Waals surface area contributed by atoms with Crippen LogP contribution in [-0.2, 0) is 0 Å². The predicted octanol–water partition coefficient (Wildman–Crippen LogP) is 4.82. The summed E-state index contributed by atoms with van der Waals surface area (Å²) in [5, 5.41) is 1.92. The van der Waals surface area contributed by atoms with Crippen LogP contribution in [-0.4, -0.2) is 5.97 Å². The van der Waals surface area contributed by atoms with Crippen molar-refractivity contribution in [3.63, 3.8) is 0 Å². The van der Waals surface area contributed by atoms with Crippen molar-refractivity contribution in [1.82, 2.24) is 0 Å². The van der Waals surface area contributed by atoms with E-state index in [0.29, 0.717) is 11.3 Å². The molecular weight excluding hydrogens is 316 g/mol. The van der Waals surface area contributed by atoms with E-state index >= 15 is 0 Å². The lowest BCUT2D eigenvalue weighted by atomic mass is 10.0. The molecule has 0 bridgehead atoms. The summed E-state index contributed by atoms with van der Waals surface area (Å²) in [6, 6.07) is 20.6. The first-order valence-electron chi connectivity index (χ1n) is 6.19. The molecule has 3 heteroatoms. The van der Waals surface area contributed by atoms with Crippen molar-refractivity contribution >= 4 is 32.7 Å². The summed E-state index contributed by atoms with van der Waals surface area (Å²) in [6.07, 6.45) is 0. The summed E-state index contributed by atoms with van der Waals surface area (Å²) in [5.74, 6) is 0.178. The Morgan fingerprint density at radius 2 is 1.65 bits per heavy atom. The molecule has 2 nitrogen and oxygen atoms in total. The quantitative estimate of drug-likeness (QED) is 0.498. The highest BCUT2D eigenvalue weighted by Crippen LogP contribution is 2.22. The zero-order chi connectivity index (χ0) is 13.9. The Kier molecular flexibility index (Phi) is 3.52. The van der Waals surface area contributed by atoms with Crippen molar-refractivity contribution in [1.29, 1.82) is 0 Å². The van der Waals surface area contributed by atoms with Crippen LogP contribution >= 0.6 is 15.9 Å². The van der Waals surface area contributed by atoms with E-state index < -0.39 is 0 Å². The van der Waals surface area contributed by atoms with Crippen LogP contribution in [0.5, 0.6) is 5.75 Å². The second kappa shape index (κ2) is 5.47. The van der Waals surface area contributed by atoms with Gasteiger partial charge in [-0.2, -0.15) is 0 Å². The van der Waals surface area contributed by atoms with Crippen LogP contribution in [0.1, 0.15) is 10.4 Å². The normalized spacial score (nSPS) is 10.4. The smallest absolute Gasteiger partial charge is 0.344 e. The third-order valence-electron chi connectivity index (χ3n) is 3.02. The van der Waals surface area contributed by atoms with Crippen LogP contribution in [0.4, 0.5) is 0 Å². The van der Waals surface area contributed by atoms with Crippen LogP contribution < -0.4 is 4.74 Å². The third kappa shape index (κ3) is 2.58. The van der Waals surface area contributed by atoms with Crippen LogP contribution in [0.15, 0.2) is 71.2 Å². The average molecular weight is 327 g/mol. The fourth-order valence-corrected chi connectivity index (χ4v) is 2.47. The number of benzene rings is 3. The molecule has 20 heavy (non-hydrogen) atoms. The summed E-state index contributed by atoms with van der Waals surface area (Å²) in [4.78, 5) is 12.3. The highest BCUT2D eigenvalue weighted by Gasteiger charge is 2.12. The van der Waals surface area contributed by atoms with Crippen LogP contribution in [0.3, 0.4) is 0 Å². The van der Waals surface area contributed by atoms with E-state index in [4.69, 9.17) is 4.74 Å². The molecule has 3 aromatic carbocycles. The molecule has 0 heterocycles. The largest absolute Gasteiger partial charge is 0.423 e. The maximum Gasteiger partial charge on any atom is 0.344 e. The molecule has 0 amide bonds. The first-order chi connectivity index (χ1) is 9.74. The summed E-state index contributed by atoms with van der Waals surface area (Å²) >= 11 is 3.36. The number of carbonyl (C=O) groups is 1. The number of hydrogen-bond donors (Lipinski definition) is 0. The van der Waals surface area contributed by atoms with Crippen molar-refractivity contribution in [2.24, 2.45) is 0 Å². The minimum absolute atomic E-state index is 0.347. The Balaban J connectivity index is 1.97. The second-order valence-electron chi connectivity index (χ2n) is 4.37. The van der Waals surface area contributed by atoms with Gasteiger partial charge in [-0.05, 0) is 35.0 Å². The molecule has 0 atom stereocenters. The van der Waals surface area contributed by atoms with Gasteiger partial charge in [-0.3, -0.25) is 0 Å². The average Bonchev–Trinajstić information content (AvgIpc) is 2.46. The second-order valence-corrected chi connectivity index (χ2v) is 5.29. The zero-order valence-electron chi connectivity index (χ0n) is 10.5. The van der Waals surface area contributed by atoms with E-state index in [9.17, 15) is 4.79 Å². The molecule has 0 aromatic heterocycles. The molecule has 98 valence electrons. The van der Waals surface area contributed by atoms with Gasteiger partial charge < -0.3 is 4.74 Å². The first kappa shape index (κ1) is 12.9. The molecule has 0 aliphatic carbocycles. The Labute approximate surface area is 125 Å². The molecule has 3 aromatic rings. The Hall–Kier alpha value is -2.13. The SMILES string of the molecule is O=C(Oc1cccc(Br)c1)c1cccc2ccccc12. The molecule has 0 aliphatic rings. The van der Waals surface area contributed by atoms with Crippen molar-refractivity contribution in [2.75, 3.05) is 0 Å². The molecule has 0 radical (unpaired) electrons. The van der Waals surface area contributed by atoms with Crippen LogP contribution in [0.25, 0.3) is 10.8 Å². The predicted molar refractivity (Wildman–Crippen MR) is 83.0 cm³/mol. The number of fused-ring (bicyclic) bond motifs is 1. The van der Waals surface area contributed by atoms with E-state index in [0.717, 1.165) is 15.2 Å². The minimum atomic E-state index is -0.347. The van der Waals surface area contributed by atoms with Crippen molar-refractivity contribution < 1.29 is 9.53 Å². The molecule has 0 fully saturated rings. The van der Waals surface area contributed by atoms with Gasteiger partial charge in [-0.25, -0.2) is 4.79 Å². The highest BCUT2D eigenvalue weighted by atomic mass is 79.9. The van der Waals surface area contributed by atoms with Gasteiger partial charge in [0, 0.05) is 4.47 Å². The van der Waals surface area contributed by atoms with Crippen LogP contribution in [0, 0.1) is 0 Å². The number of halogens is 1. The van der Waals surface area contributed by atoms with Crippen molar-refractivity contribution in [3.05, 3.63) is 76.8 Å². The van der Waals surface area contributed by atoms with Crippen molar-refractivity contribution in [3.8, 4) is 5.75 Å². The topological polar surface area (TPSA) is 26.3 Å². The number of carbonyl (C=O) groups excluding carboxylic acids is 1. The van der Waals surface area contributed by atoms with E-state index in [2.05, 4.69) is 15.9 Å². The van der Waals surface area contributed by atoms with E-state index in [1.165, 1.54) is 0 Å². The minimum Gasteiger partial charge on any atom is -0.423 e. The fraction of sp³-hybridized carbons (Fsp3) is 0.